The summed E-state index contributed by atoms with van der Waals surface area (Å²) < 4.78 is 11.4. The Morgan fingerprint density at radius 3 is 1.54 bits per heavy atom. The summed E-state index contributed by atoms with van der Waals surface area (Å²) >= 11 is 2.31. The maximum absolute atomic E-state index is 13.1. The van der Waals surface area contributed by atoms with Crippen molar-refractivity contribution in [1.82, 2.24) is 4.90 Å². The van der Waals surface area contributed by atoms with Gasteiger partial charge >= 0.3 is 11.9 Å². The minimum atomic E-state index is -1.06. The summed E-state index contributed by atoms with van der Waals surface area (Å²) in [5.41, 5.74) is 18.0. The fourth-order valence-electron chi connectivity index (χ4n) is 7.64. The van der Waals surface area contributed by atoms with Crippen LogP contribution in [0.25, 0.3) is 0 Å². The van der Waals surface area contributed by atoms with Crippen molar-refractivity contribution in [3.8, 4) is 0 Å². The molecule has 1 saturated heterocycles. The van der Waals surface area contributed by atoms with Crippen LogP contribution in [0.2, 0.25) is 0 Å². The molecule has 0 aromatic carbocycles. The second kappa shape index (κ2) is 39.9. The van der Waals surface area contributed by atoms with Crippen LogP contribution in [0.15, 0.2) is 0 Å². The molecule has 0 radical (unpaired) electrons. The number of carbonyl (C=O) groups excluding carboxylic acids is 5. The second-order valence-corrected chi connectivity index (χ2v) is 19.7. The number of esters is 2. The van der Waals surface area contributed by atoms with Crippen molar-refractivity contribution < 1.29 is 33.4 Å². The summed E-state index contributed by atoms with van der Waals surface area (Å²) in [6.07, 6.45) is 34.2. The number of likely N-dealkylation sites (tertiary alicyclic amines) is 1. The minimum Gasteiger partial charge on any atom is -0.462 e. The lowest BCUT2D eigenvalue weighted by Crippen LogP contribution is -2.44. The van der Waals surface area contributed by atoms with Crippen molar-refractivity contribution in [1.29, 1.82) is 0 Å². The van der Waals surface area contributed by atoms with E-state index in [0.717, 1.165) is 63.1 Å². The molecule has 13 heteroatoms. The number of imide groups is 1. The number of nitrogens with two attached hydrogens (primary N) is 3. The summed E-state index contributed by atoms with van der Waals surface area (Å²) in [5.74, 6) is -1.10. The highest BCUT2D eigenvalue weighted by molar-refractivity contribution is 8.02. The molecule has 2 amide bonds. The van der Waals surface area contributed by atoms with E-state index in [1.165, 1.54) is 145 Å². The van der Waals surface area contributed by atoms with Crippen LogP contribution in [-0.4, -0.2) is 88.4 Å². The highest BCUT2D eigenvalue weighted by Crippen LogP contribution is 2.28. The molecule has 1 fully saturated rings. The molecule has 0 aliphatic carbocycles. The summed E-state index contributed by atoms with van der Waals surface area (Å²) in [5, 5.41) is -1.77. The van der Waals surface area contributed by atoms with Gasteiger partial charge in [-0.15, -0.1) is 11.8 Å². The van der Waals surface area contributed by atoms with Crippen LogP contribution in [0.3, 0.4) is 0 Å². The summed E-state index contributed by atoms with van der Waals surface area (Å²) in [4.78, 5) is 65.3. The Hall–Kier alpha value is -1.67. The molecule has 0 aromatic heterocycles. The Balaban J connectivity index is 2.48. The third-order valence-corrected chi connectivity index (χ3v) is 14.0. The zero-order valence-electron chi connectivity index (χ0n) is 38.8. The Morgan fingerprint density at radius 1 is 0.623 bits per heavy atom. The number of Topliss-reactive ketones (excluding diaryl/α,β-unsaturated/α-hetero) is 1. The molecule has 1 rings (SSSR count). The third-order valence-electron chi connectivity index (χ3n) is 11.5. The van der Waals surface area contributed by atoms with Gasteiger partial charge < -0.3 is 26.7 Å². The van der Waals surface area contributed by atoms with Gasteiger partial charge in [0.05, 0.1) is 11.3 Å². The summed E-state index contributed by atoms with van der Waals surface area (Å²) in [6, 6.07) is -0.924. The highest BCUT2D eigenvalue weighted by Gasteiger charge is 2.40. The van der Waals surface area contributed by atoms with E-state index in [0.29, 0.717) is 38.1 Å². The molecular weight excluding hydrogens is 809 g/mol. The Labute approximate surface area is 380 Å². The van der Waals surface area contributed by atoms with Crippen molar-refractivity contribution in [3.05, 3.63) is 0 Å². The molecule has 1 aliphatic heterocycles. The van der Waals surface area contributed by atoms with Crippen LogP contribution in [0.4, 0.5) is 0 Å². The van der Waals surface area contributed by atoms with E-state index in [4.69, 9.17) is 26.7 Å². The van der Waals surface area contributed by atoms with E-state index in [-0.39, 0.29) is 42.5 Å². The van der Waals surface area contributed by atoms with Gasteiger partial charge in [-0.3, -0.25) is 28.9 Å². The number of amides is 2. The Bertz CT molecular complexity index is 1150. The number of ether oxygens (including phenoxy) is 2. The molecule has 0 bridgehead atoms. The monoisotopic (exact) mass is 899 g/mol. The largest absolute Gasteiger partial charge is 0.462 e. The molecular formula is C48H90N4O7S2. The molecule has 61 heavy (non-hydrogen) atoms. The second-order valence-electron chi connectivity index (χ2n) is 17.3. The van der Waals surface area contributed by atoms with Gasteiger partial charge in [0.1, 0.15) is 18.1 Å². The van der Waals surface area contributed by atoms with Gasteiger partial charge in [-0.2, -0.15) is 11.8 Å². The number of nitrogens with zero attached hydrogens (tertiary/aromatic N) is 1. The van der Waals surface area contributed by atoms with Crippen LogP contribution in [0.1, 0.15) is 219 Å². The predicted octanol–water partition coefficient (Wildman–Crippen LogP) is 10.3. The first kappa shape index (κ1) is 57.3. The minimum absolute atomic E-state index is 0.00971. The predicted molar refractivity (Wildman–Crippen MR) is 255 cm³/mol. The number of rotatable bonds is 44. The first-order valence-corrected chi connectivity index (χ1v) is 26.9. The van der Waals surface area contributed by atoms with Crippen LogP contribution >= 0.6 is 23.5 Å². The van der Waals surface area contributed by atoms with Crippen molar-refractivity contribution in [2.75, 3.05) is 31.2 Å². The molecule has 356 valence electrons. The molecule has 11 nitrogen and oxygen atoms in total. The fourth-order valence-corrected chi connectivity index (χ4v) is 9.77. The number of carbonyl (C=O) groups is 5. The molecule has 1 heterocycles. The van der Waals surface area contributed by atoms with Crippen LogP contribution in [-0.2, 0) is 33.4 Å². The zero-order chi connectivity index (χ0) is 44.8. The SMILES string of the molecule is CCCCCCCCCCCCCCCC(=O)OCC(CSCC(N)C(=O)C(N)SC1CC(=O)N(CCCCCN)C1=O)OC(=O)CCCCCCCCCCCCCCC. The van der Waals surface area contributed by atoms with E-state index < -0.39 is 28.6 Å². The lowest BCUT2D eigenvalue weighted by molar-refractivity contribution is -0.157. The normalized spacial score (nSPS) is 15.6. The van der Waals surface area contributed by atoms with E-state index in [1.807, 2.05) is 0 Å². The number of hydrogen-bond acceptors (Lipinski definition) is 12. The topological polar surface area (TPSA) is 185 Å². The molecule has 4 unspecified atom stereocenters. The van der Waals surface area contributed by atoms with Crippen molar-refractivity contribution in [2.24, 2.45) is 17.2 Å². The van der Waals surface area contributed by atoms with Crippen LogP contribution in [0, 0.1) is 0 Å². The number of unbranched alkanes of at least 4 members (excludes halogenated alkanes) is 26. The van der Waals surface area contributed by atoms with Gasteiger partial charge in [-0.05, 0) is 32.2 Å². The standard InChI is InChI=1S/C48H90N4O7S2/c1-3-5-7-9-11-13-15-17-19-21-23-25-28-32-44(54)58-37-40(59-45(55)33-29-26-24-22-20-18-16-14-12-10-8-6-4-2)38-60-39-41(50)46(56)47(51)61-42-36-43(53)52(48(42)57)35-31-27-30-34-49/h40-42,47H,3-39,49-51H2,1-2H3. The first-order valence-electron chi connectivity index (χ1n) is 24.8. The quantitative estimate of drug-likeness (QED) is 0.0228. The lowest BCUT2D eigenvalue weighted by Gasteiger charge is -2.20. The number of thioether (sulfide) groups is 2. The van der Waals surface area contributed by atoms with Crippen molar-refractivity contribution in [3.63, 3.8) is 0 Å². The first-order chi connectivity index (χ1) is 29.6. The van der Waals surface area contributed by atoms with Crippen molar-refractivity contribution >= 4 is 53.1 Å². The van der Waals surface area contributed by atoms with Crippen LogP contribution < -0.4 is 17.2 Å². The molecule has 4 atom stereocenters. The van der Waals surface area contributed by atoms with Gasteiger partial charge in [0.25, 0.3) is 0 Å². The van der Waals surface area contributed by atoms with Crippen LogP contribution in [0.5, 0.6) is 0 Å². The fraction of sp³-hybridized carbons (Fsp3) is 0.896. The zero-order valence-corrected chi connectivity index (χ0v) is 40.5. The van der Waals surface area contributed by atoms with Crippen molar-refractivity contribution in [2.45, 2.75) is 242 Å². The Kier molecular flexibility index (Phi) is 37.5. The highest BCUT2D eigenvalue weighted by atomic mass is 32.2. The third kappa shape index (κ3) is 31.0. The number of ketones is 1. The lowest BCUT2D eigenvalue weighted by atomic mass is 10.0. The molecule has 6 N–H and O–H groups in total. The molecule has 0 spiro atoms. The summed E-state index contributed by atoms with van der Waals surface area (Å²) in [6.45, 7) is 5.36. The van der Waals surface area contributed by atoms with Gasteiger partial charge in [-0.25, -0.2) is 0 Å². The average Bonchev–Trinajstić information content (AvgIpc) is 3.51. The Morgan fingerprint density at radius 2 is 1.07 bits per heavy atom. The molecule has 0 aromatic rings. The maximum atomic E-state index is 13.1. The van der Waals surface area contributed by atoms with Gasteiger partial charge in [-0.1, -0.05) is 174 Å². The van der Waals surface area contributed by atoms with E-state index in [1.54, 1.807) is 0 Å². The smallest absolute Gasteiger partial charge is 0.306 e. The van der Waals surface area contributed by atoms with Gasteiger partial charge in [0.2, 0.25) is 11.8 Å². The maximum Gasteiger partial charge on any atom is 0.306 e. The van der Waals surface area contributed by atoms with E-state index >= 15 is 0 Å². The number of hydrogen-bond donors (Lipinski definition) is 3. The van der Waals surface area contributed by atoms with E-state index in [9.17, 15) is 24.0 Å². The average molecular weight is 899 g/mol. The molecule has 0 saturated carbocycles. The van der Waals surface area contributed by atoms with E-state index in [2.05, 4.69) is 13.8 Å². The summed E-state index contributed by atoms with van der Waals surface area (Å²) in [7, 11) is 0. The van der Waals surface area contributed by atoms with Gasteiger partial charge in [0, 0.05) is 37.3 Å². The van der Waals surface area contributed by atoms with Gasteiger partial charge in [0.15, 0.2) is 5.78 Å². The molecule has 1 aliphatic rings.